The Labute approximate surface area is 199 Å². The van der Waals surface area contributed by atoms with E-state index in [1.54, 1.807) is 44.2 Å². The Hall–Kier alpha value is -3.94. The highest BCUT2D eigenvalue weighted by atomic mass is 32.1. The van der Waals surface area contributed by atoms with Crippen LogP contribution in [-0.2, 0) is 12.1 Å². The number of thiazole rings is 1. The van der Waals surface area contributed by atoms with E-state index in [0.717, 1.165) is 5.56 Å². The van der Waals surface area contributed by atoms with Gasteiger partial charge in [0.05, 0.1) is 29.9 Å². The number of hydrogen-bond donors (Lipinski definition) is 2. The van der Waals surface area contributed by atoms with Gasteiger partial charge in [0.15, 0.2) is 0 Å². The van der Waals surface area contributed by atoms with Crippen LogP contribution in [0, 0.1) is 24.1 Å². The number of nitriles is 1. The number of aliphatic hydroxyl groups is 1. The van der Waals surface area contributed by atoms with Crippen LogP contribution in [0.1, 0.15) is 33.4 Å². The molecule has 0 radical (unpaired) electrons. The number of nitrogens with zero attached hydrogens (tertiary/aromatic N) is 5. The fourth-order valence-corrected chi connectivity index (χ4v) is 4.60. The van der Waals surface area contributed by atoms with Crippen molar-refractivity contribution in [3.63, 3.8) is 0 Å². The van der Waals surface area contributed by atoms with Gasteiger partial charge < -0.3 is 10.4 Å². The number of nitrogens with one attached hydrogen (secondary N) is 1. The lowest BCUT2D eigenvalue weighted by Crippen LogP contribution is -2.51. The number of hydrogen-bond acceptors (Lipinski definition) is 7. The fourth-order valence-electron chi connectivity index (χ4n) is 3.63. The summed E-state index contributed by atoms with van der Waals surface area (Å²) in [6.07, 6.45) is 2.73. The summed E-state index contributed by atoms with van der Waals surface area (Å²) in [5, 5.41) is 28.1. The maximum atomic E-state index is 14.7. The van der Waals surface area contributed by atoms with Gasteiger partial charge in [0.1, 0.15) is 34.0 Å². The van der Waals surface area contributed by atoms with Crippen LogP contribution in [0.5, 0.6) is 0 Å². The molecule has 1 amide bonds. The van der Waals surface area contributed by atoms with Crippen molar-refractivity contribution in [1.82, 2.24) is 25.1 Å². The van der Waals surface area contributed by atoms with Gasteiger partial charge >= 0.3 is 0 Å². The molecular formula is C24H21FN6O2S. The highest BCUT2D eigenvalue weighted by Crippen LogP contribution is 2.31. The quantitative estimate of drug-likeness (QED) is 0.422. The lowest BCUT2D eigenvalue weighted by Gasteiger charge is -2.35. The molecule has 4 aromatic rings. The zero-order valence-corrected chi connectivity index (χ0v) is 19.3. The molecule has 0 fully saturated rings. The van der Waals surface area contributed by atoms with Gasteiger partial charge in [0, 0.05) is 11.1 Å². The van der Waals surface area contributed by atoms with Crippen LogP contribution >= 0.6 is 11.3 Å². The number of benzene rings is 2. The molecular weight excluding hydrogens is 455 g/mol. The SMILES string of the molecule is Cc1nc(-c2ccc(C#N)cc2)sc1C(=O)N[C@H](C)[C@](O)(Cn1cncn1)c1ccccc1F. The predicted molar refractivity (Wildman–Crippen MR) is 124 cm³/mol. The van der Waals surface area contributed by atoms with Crippen LogP contribution in [-0.4, -0.2) is 36.8 Å². The van der Waals surface area contributed by atoms with E-state index in [4.69, 9.17) is 5.26 Å². The van der Waals surface area contributed by atoms with Crippen LogP contribution in [0.15, 0.2) is 61.2 Å². The molecule has 172 valence electrons. The molecule has 2 N–H and O–H groups in total. The summed E-state index contributed by atoms with van der Waals surface area (Å²) < 4.78 is 16.1. The van der Waals surface area contributed by atoms with Gasteiger partial charge in [-0.2, -0.15) is 10.4 Å². The average molecular weight is 477 g/mol. The van der Waals surface area contributed by atoms with Gasteiger partial charge in [-0.3, -0.25) is 4.79 Å². The molecule has 4 rings (SSSR count). The van der Waals surface area contributed by atoms with Gasteiger partial charge in [0.25, 0.3) is 5.91 Å². The zero-order chi connectivity index (χ0) is 24.3. The third-order valence-electron chi connectivity index (χ3n) is 5.54. The minimum Gasteiger partial charge on any atom is -0.381 e. The first-order valence-electron chi connectivity index (χ1n) is 10.4. The van der Waals surface area contributed by atoms with Crippen molar-refractivity contribution in [3.8, 4) is 16.6 Å². The normalized spacial score (nSPS) is 13.6. The molecule has 0 spiro atoms. The Morgan fingerprint density at radius 1 is 1.29 bits per heavy atom. The molecule has 34 heavy (non-hydrogen) atoms. The van der Waals surface area contributed by atoms with Crippen LogP contribution < -0.4 is 5.32 Å². The molecule has 0 unspecified atom stereocenters. The standard InChI is InChI=1S/C24H21FN6O2S/c1-15-21(34-23(29-15)18-9-7-17(11-26)8-10-18)22(32)30-16(2)24(33,12-31-14-27-13-28-31)19-5-3-4-6-20(19)25/h3-10,13-14,16,33H,12H2,1-2H3,(H,30,32)/t16-,24-/m1/s1. The minimum atomic E-state index is -1.80. The topological polar surface area (TPSA) is 117 Å². The van der Waals surface area contributed by atoms with E-state index in [2.05, 4.69) is 26.5 Å². The monoisotopic (exact) mass is 476 g/mol. The molecule has 0 bridgehead atoms. The Morgan fingerprint density at radius 3 is 2.68 bits per heavy atom. The molecule has 10 heteroatoms. The van der Waals surface area contributed by atoms with E-state index >= 15 is 0 Å². The van der Waals surface area contributed by atoms with E-state index in [-0.39, 0.29) is 12.1 Å². The van der Waals surface area contributed by atoms with E-state index in [9.17, 15) is 14.3 Å². The highest BCUT2D eigenvalue weighted by Gasteiger charge is 2.40. The van der Waals surface area contributed by atoms with Crippen LogP contribution in [0.4, 0.5) is 4.39 Å². The molecule has 0 saturated heterocycles. The largest absolute Gasteiger partial charge is 0.381 e. The highest BCUT2D eigenvalue weighted by molar-refractivity contribution is 7.17. The van der Waals surface area contributed by atoms with Crippen molar-refractivity contribution in [3.05, 3.63) is 88.7 Å². The Balaban J connectivity index is 1.61. The van der Waals surface area contributed by atoms with Crippen LogP contribution in [0.2, 0.25) is 0 Å². The fraction of sp³-hybridized carbons (Fsp3) is 0.208. The first-order valence-corrected chi connectivity index (χ1v) is 11.2. The summed E-state index contributed by atoms with van der Waals surface area (Å²) in [5.41, 5.74) is 0.0812. The molecule has 0 aliphatic carbocycles. The molecule has 8 nitrogen and oxygen atoms in total. The zero-order valence-electron chi connectivity index (χ0n) is 18.4. The van der Waals surface area contributed by atoms with Crippen molar-refractivity contribution >= 4 is 17.2 Å². The smallest absolute Gasteiger partial charge is 0.263 e. The number of amides is 1. The van der Waals surface area contributed by atoms with E-state index in [1.165, 1.54) is 46.9 Å². The Kier molecular flexibility index (Phi) is 6.49. The number of carbonyl (C=O) groups excluding carboxylic acids is 1. The van der Waals surface area contributed by atoms with E-state index in [1.807, 2.05) is 0 Å². The maximum Gasteiger partial charge on any atom is 0.263 e. The summed E-state index contributed by atoms with van der Waals surface area (Å²) in [6, 6.07) is 14.0. The summed E-state index contributed by atoms with van der Waals surface area (Å²) in [7, 11) is 0. The first-order chi connectivity index (χ1) is 16.3. The molecule has 2 aromatic heterocycles. The molecule has 0 aliphatic rings. The number of aromatic nitrogens is 4. The van der Waals surface area contributed by atoms with Crippen LogP contribution in [0.25, 0.3) is 10.6 Å². The predicted octanol–water partition coefficient (Wildman–Crippen LogP) is 3.43. The van der Waals surface area contributed by atoms with Crippen molar-refractivity contribution in [2.24, 2.45) is 0 Å². The molecule has 2 aromatic carbocycles. The van der Waals surface area contributed by atoms with Gasteiger partial charge in [-0.05, 0) is 32.0 Å². The molecule has 2 heterocycles. The first kappa shape index (κ1) is 23.2. The van der Waals surface area contributed by atoms with Gasteiger partial charge in [0.2, 0.25) is 0 Å². The van der Waals surface area contributed by atoms with Crippen LogP contribution in [0.3, 0.4) is 0 Å². The van der Waals surface area contributed by atoms with E-state index < -0.39 is 23.4 Å². The van der Waals surface area contributed by atoms with Gasteiger partial charge in [-0.15, -0.1) is 11.3 Å². The number of halogens is 1. The lowest BCUT2D eigenvalue weighted by atomic mass is 9.86. The molecule has 2 atom stereocenters. The summed E-state index contributed by atoms with van der Waals surface area (Å²) in [6.45, 7) is 3.22. The molecule has 0 aliphatic heterocycles. The van der Waals surface area contributed by atoms with Gasteiger partial charge in [-0.25, -0.2) is 19.0 Å². The maximum absolute atomic E-state index is 14.7. The summed E-state index contributed by atoms with van der Waals surface area (Å²) in [4.78, 5) is 21.9. The van der Waals surface area contributed by atoms with Crippen molar-refractivity contribution in [2.45, 2.75) is 32.0 Å². The summed E-state index contributed by atoms with van der Waals surface area (Å²) in [5.74, 6) is -1.03. The number of carbonyl (C=O) groups is 1. The molecule has 0 saturated carbocycles. The van der Waals surface area contributed by atoms with Crippen molar-refractivity contribution < 1.29 is 14.3 Å². The Bertz CT molecular complexity index is 1350. The third kappa shape index (κ3) is 4.57. The van der Waals surface area contributed by atoms with E-state index in [0.29, 0.717) is 21.1 Å². The van der Waals surface area contributed by atoms with Crippen molar-refractivity contribution in [1.29, 1.82) is 5.26 Å². The summed E-state index contributed by atoms with van der Waals surface area (Å²) >= 11 is 1.20. The lowest BCUT2D eigenvalue weighted by molar-refractivity contribution is -0.0185. The number of rotatable bonds is 7. The second kappa shape index (κ2) is 9.51. The second-order valence-electron chi connectivity index (χ2n) is 7.82. The average Bonchev–Trinajstić information content (AvgIpc) is 3.48. The van der Waals surface area contributed by atoms with Crippen molar-refractivity contribution in [2.75, 3.05) is 0 Å². The second-order valence-corrected chi connectivity index (χ2v) is 8.81. The number of aryl methyl sites for hydroxylation is 1. The van der Waals surface area contributed by atoms with Gasteiger partial charge in [-0.1, -0.05) is 30.3 Å². The Morgan fingerprint density at radius 2 is 2.03 bits per heavy atom. The third-order valence-corrected chi connectivity index (χ3v) is 6.74. The minimum absolute atomic E-state index is 0.0394.